The minimum Gasteiger partial charge on any atom is -0.480 e. The summed E-state index contributed by atoms with van der Waals surface area (Å²) in [6.45, 7) is 0.531. The monoisotopic (exact) mass is 298 g/mol. The van der Waals surface area contributed by atoms with E-state index >= 15 is 0 Å². The summed E-state index contributed by atoms with van der Waals surface area (Å²) in [5.74, 6) is -0.742. The van der Waals surface area contributed by atoms with Crippen LogP contribution < -0.4 is 0 Å². The lowest BCUT2D eigenvalue weighted by atomic mass is 9.94. The van der Waals surface area contributed by atoms with Crippen LogP contribution in [0, 0.1) is 23.2 Å². The molecule has 1 N–H and O–H groups in total. The lowest BCUT2D eigenvalue weighted by molar-refractivity contribution is -0.142. The van der Waals surface area contributed by atoms with Crippen LogP contribution in [0.25, 0.3) is 0 Å². The normalized spacial score (nSPS) is 26.5. The summed E-state index contributed by atoms with van der Waals surface area (Å²) in [5.41, 5.74) is 1.25. The zero-order valence-corrected chi connectivity index (χ0v) is 12.2. The van der Waals surface area contributed by atoms with Crippen molar-refractivity contribution >= 4 is 11.9 Å². The molecule has 1 aromatic carbocycles. The number of benzene rings is 1. The van der Waals surface area contributed by atoms with Gasteiger partial charge in [0.15, 0.2) is 0 Å². The van der Waals surface area contributed by atoms with Gasteiger partial charge in [-0.05, 0) is 42.4 Å². The highest BCUT2D eigenvalue weighted by Crippen LogP contribution is 2.42. The number of aliphatic carboxylic acids is 1. The highest BCUT2D eigenvalue weighted by molar-refractivity contribution is 5.97. The molecule has 1 saturated carbocycles. The number of likely N-dealkylation sites (tertiary alicyclic amines) is 1. The molecular formula is C17H18N2O3. The summed E-state index contributed by atoms with van der Waals surface area (Å²) in [6, 6.07) is 8.28. The first kappa shape index (κ1) is 14.6. The standard InChI is InChI=1S/C17H18N2O3/c18-8-7-11-3-1-4-12(9-11)16(20)19-10-13-5-2-6-14(13)15(19)17(21)22/h1,3-4,9,13-15H,2,5-7,10H2,(H,21,22)/t13-,14-,15+/m0/s1. The number of hydrogen-bond acceptors (Lipinski definition) is 3. The van der Waals surface area contributed by atoms with E-state index in [1.165, 1.54) is 4.90 Å². The van der Waals surface area contributed by atoms with E-state index in [1.807, 2.05) is 0 Å². The number of hydrogen-bond donors (Lipinski definition) is 1. The lowest BCUT2D eigenvalue weighted by Gasteiger charge is -2.24. The van der Waals surface area contributed by atoms with Crippen molar-refractivity contribution in [1.82, 2.24) is 4.90 Å². The Hall–Kier alpha value is -2.35. The predicted molar refractivity (Wildman–Crippen MR) is 79.1 cm³/mol. The molecule has 114 valence electrons. The molecule has 22 heavy (non-hydrogen) atoms. The minimum atomic E-state index is -0.907. The molecule has 0 aromatic heterocycles. The summed E-state index contributed by atoms with van der Waals surface area (Å²) in [7, 11) is 0. The van der Waals surface area contributed by atoms with E-state index in [2.05, 4.69) is 6.07 Å². The first-order valence-corrected chi connectivity index (χ1v) is 7.61. The highest BCUT2D eigenvalue weighted by Gasteiger charge is 2.49. The van der Waals surface area contributed by atoms with Crippen LogP contribution in [0.3, 0.4) is 0 Å². The fourth-order valence-electron chi connectivity index (χ4n) is 3.90. The van der Waals surface area contributed by atoms with Crippen molar-refractivity contribution in [1.29, 1.82) is 5.26 Å². The summed E-state index contributed by atoms with van der Waals surface area (Å²) in [4.78, 5) is 25.9. The molecule has 0 unspecified atom stereocenters. The van der Waals surface area contributed by atoms with Crippen molar-refractivity contribution in [2.24, 2.45) is 11.8 Å². The van der Waals surface area contributed by atoms with Crippen molar-refractivity contribution in [2.45, 2.75) is 31.7 Å². The zero-order chi connectivity index (χ0) is 15.7. The Kier molecular flexibility index (Phi) is 3.84. The Balaban J connectivity index is 1.86. The zero-order valence-electron chi connectivity index (χ0n) is 12.2. The molecular weight excluding hydrogens is 280 g/mol. The van der Waals surface area contributed by atoms with Crippen LogP contribution in [0.1, 0.15) is 35.2 Å². The van der Waals surface area contributed by atoms with E-state index < -0.39 is 12.0 Å². The van der Waals surface area contributed by atoms with E-state index in [9.17, 15) is 14.7 Å². The molecule has 5 heteroatoms. The molecule has 1 aliphatic heterocycles. The molecule has 5 nitrogen and oxygen atoms in total. The van der Waals surface area contributed by atoms with Gasteiger partial charge in [0, 0.05) is 12.1 Å². The van der Waals surface area contributed by atoms with Gasteiger partial charge in [-0.1, -0.05) is 18.6 Å². The number of rotatable bonds is 3. The third-order valence-corrected chi connectivity index (χ3v) is 4.86. The van der Waals surface area contributed by atoms with Crippen molar-refractivity contribution in [3.63, 3.8) is 0 Å². The molecule has 2 aliphatic rings. The van der Waals surface area contributed by atoms with Gasteiger partial charge < -0.3 is 10.0 Å². The van der Waals surface area contributed by atoms with Crippen LogP contribution in [-0.4, -0.2) is 34.5 Å². The van der Waals surface area contributed by atoms with Crippen LogP contribution in [0.4, 0.5) is 0 Å². The quantitative estimate of drug-likeness (QED) is 0.926. The second-order valence-corrected chi connectivity index (χ2v) is 6.13. The Bertz CT molecular complexity index is 650. The van der Waals surface area contributed by atoms with Gasteiger partial charge in [-0.15, -0.1) is 0 Å². The molecule has 0 radical (unpaired) electrons. The predicted octanol–water partition coefficient (Wildman–Crippen LogP) is 2.08. The largest absolute Gasteiger partial charge is 0.480 e. The maximum Gasteiger partial charge on any atom is 0.326 e. The number of nitrogens with zero attached hydrogens (tertiary/aromatic N) is 2. The average Bonchev–Trinajstić information content (AvgIpc) is 3.07. The van der Waals surface area contributed by atoms with E-state index in [-0.39, 0.29) is 18.2 Å². The first-order chi connectivity index (χ1) is 10.6. The third kappa shape index (κ3) is 2.45. The number of nitriles is 1. The van der Waals surface area contributed by atoms with Gasteiger partial charge >= 0.3 is 5.97 Å². The second kappa shape index (κ2) is 5.80. The lowest BCUT2D eigenvalue weighted by Crippen LogP contribution is -2.43. The SMILES string of the molecule is N#CCc1cccc(C(=O)N2C[C@@H]3CCC[C@@H]3[C@@H]2C(=O)O)c1. The summed E-state index contributed by atoms with van der Waals surface area (Å²) < 4.78 is 0. The summed E-state index contributed by atoms with van der Waals surface area (Å²) in [6.07, 6.45) is 3.19. The number of carbonyl (C=O) groups is 2. The smallest absolute Gasteiger partial charge is 0.326 e. The topological polar surface area (TPSA) is 81.4 Å². The van der Waals surface area contributed by atoms with E-state index in [4.69, 9.17) is 5.26 Å². The van der Waals surface area contributed by atoms with Gasteiger partial charge in [0.2, 0.25) is 0 Å². The van der Waals surface area contributed by atoms with Crippen molar-refractivity contribution in [3.05, 3.63) is 35.4 Å². The van der Waals surface area contributed by atoms with Gasteiger partial charge in [-0.2, -0.15) is 5.26 Å². The van der Waals surface area contributed by atoms with E-state index in [0.717, 1.165) is 24.8 Å². The molecule has 1 saturated heterocycles. The maximum atomic E-state index is 12.7. The van der Waals surface area contributed by atoms with E-state index in [1.54, 1.807) is 24.3 Å². The molecule has 1 aliphatic carbocycles. The Morgan fingerprint density at radius 2 is 2.18 bits per heavy atom. The first-order valence-electron chi connectivity index (χ1n) is 7.61. The molecule has 1 amide bonds. The van der Waals surface area contributed by atoms with Crippen LogP contribution in [0.2, 0.25) is 0 Å². The molecule has 3 atom stereocenters. The fourth-order valence-corrected chi connectivity index (χ4v) is 3.90. The van der Waals surface area contributed by atoms with Crippen LogP contribution in [0.5, 0.6) is 0 Å². The van der Waals surface area contributed by atoms with Crippen LogP contribution >= 0.6 is 0 Å². The molecule has 1 aromatic rings. The number of carboxylic acid groups (broad SMARTS) is 1. The number of carbonyl (C=O) groups excluding carboxylic acids is 1. The molecule has 0 bridgehead atoms. The van der Waals surface area contributed by atoms with Gasteiger partial charge in [0.1, 0.15) is 6.04 Å². The van der Waals surface area contributed by atoms with E-state index in [0.29, 0.717) is 18.0 Å². The second-order valence-electron chi connectivity index (χ2n) is 6.13. The van der Waals surface area contributed by atoms with Crippen molar-refractivity contribution < 1.29 is 14.7 Å². The van der Waals surface area contributed by atoms with Gasteiger partial charge in [-0.25, -0.2) is 4.79 Å². The number of amides is 1. The number of carboxylic acids is 1. The Labute approximate surface area is 129 Å². The Morgan fingerprint density at radius 1 is 1.36 bits per heavy atom. The minimum absolute atomic E-state index is 0.0868. The number of fused-ring (bicyclic) bond motifs is 1. The molecule has 2 fully saturated rings. The van der Waals surface area contributed by atoms with Crippen molar-refractivity contribution in [3.8, 4) is 6.07 Å². The fraction of sp³-hybridized carbons (Fsp3) is 0.471. The molecule has 1 heterocycles. The third-order valence-electron chi connectivity index (χ3n) is 4.86. The van der Waals surface area contributed by atoms with Gasteiger partial charge in [-0.3, -0.25) is 4.79 Å². The molecule has 0 spiro atoms. The maximum absolute atomic E-state index is 12.7. The van der Waals surface area contributed by atoms with Crippen LogP contribution in [-0.2, 0) is 11.2 Å². The Morgan fingerprint density at radius 3 is 2.91 bits per heavy atom. The summed E-state index contributed by atoms with van der Waals surface area (Å²) in [5, 5.41) is 18.3. The van der Waals surface area contributed by atoms with Crippen molar-refractivity contribution in [2.75, 3.05) is 6.54 Å². The van der Waals surface area contributed by atoms with Crippen LogP contribution in [0.15, 0.2) is 24.3 Å². The highest BCUT2D eigenvalue weighted by atomic mass is 16.4. The molecule has 3 rings (SSSR count). The van der Waals surface area contributed by atoms with Gasteiger partial charge in [0.25, 0.3) is 5.91 Å². The summed E-state index contributed by atoms with van der Waals surface area (Å²) >= 11 is 0. The van der Waals surface area contributed by atoms with Gasteiger partial charge in [0.05, 0.1) is 12.5 Å². The average molecular weight is 298 g/mol.